The number of benzene rings is 1. The lowest BCUT2D eigenvalue weighted by Gasteiger charge is -2.17. The Morgan fingerprint density at radius 1 is 1.50 bits per heavy atom. The molecule has 0 bridgehead atoms. The first-order valence-electron chi connectivity index (χ1n) is 6.49. The highest BCUT2D eigenvalue weighted by Crippen LogP contribution is 2.28. The van der Waals surface area contributed by atoms with E-state index in [0.717, 1.165) is 23.5 Å². The molecule has 20 heavy (non-hydrogen) atoms. The molecule has 1 atom stereocenters. The first kappa shape index (κ1) is 13.2. The SMILES string of the molecule is Cc1nc(-c2cccc(N3CC(CS)CC3=O)c2)no1. The molecule has 0 N–H and O–H groups in total. The Balaban J connectivity index is 1.90. The van der Waals surface area contributed by atoms with Crippen molar-refractivity contribution in [3.8, 4) is 11.4 Å². The van der Waals surface area contributed by atoms with Crippen LogP contribution in [0.15, 0.2) is 28.8 Å². The molecule has 1 aromatic carbocycles. The van der Waals surface area contributed by atoms with E-state index < -0.39 is 0 Å². The van der Waals surface area contributed by atoms with E-state index in [4.69, 9.17) is 4.52 Å². The summed E-state index contributed by atoms with van der Waals surface area (Å²) in [5.74, 6) is 2.26. The van der Waals surface area contributed by atoms with Gasteiger partial charge in [-0.15, -0.1) is 0 Å². The van der Waals surface area contributed by atoms with Crippen LogP contribution in [-0.2, 0) is 4.79 Å². The van der Waals surface area contributed by atoms with E-state index in [0.29, 0.717) is 24.1 Å². The normalized spacial score (nSPS) is 18.8. The third-order valence-corrected chi connectivity index (χ3v) is 3.92. The number of aryl methyl sites for hydroxylation is 1. The third-order valence-electron chi connectivity index (χ3n) is 3.41. The first-order valence-corrected chi connectivity index (χ1v) is 7.12. The van der Waals surface area contributed by atoms with Crippen molar-refractivity contribution in [1.29, 1.82) is 0 Å². The predicted molar refractivity (Wildman–Crippen MR) is 78.8 cm³/mol. The molecule has 6 heteroatoms. The molecule has 2 heterocycles. The lowest BCUT2D eigenvalue weighted by atomic mass is 10.1. The number of hydrogen-bond acceptors (Lipinski definition) is 5. The summed E-state index contributed by atoms with van der Waals surface area (Å²) >= 11 is 4.28. The van der Waals surface area contributed by atoms with Crippen LogP contribution in [0, 0.1) is 12.8 Å². The van der Waals surface area contributed by atoms with Gasteiger partial charge in [0.05, 0.1) is 0 Å². The maximum atomic E-state index is 12.0. The second kappa shape index (κ2) is 5.28. The summed E-state index contributed by atoms with van der Waals surface area (Å²) < 4.78 is 4.99. The van der Waals surface area contributed by atoms with Gasteiger partial charge in [0.1, 0.15) is 0 Å². The Hall–Kier alpha value is -1.82. The molecular formula is C14H15N3O2S. The Morgan fingerprint density at radius 2 is 2.35 bits per heavy atom. The fourth-order valence-electron chi connectivity index (χ4n) is 2.38. The summed E-state index contributed by atoms with van der Waals surface area (Å²) in [4.78, 5) is 18.0. The van der Waals surface area contributed by atoms with E-state index in [1.165, 1.54) is 0 Å². The van der Waals surface area contributed by atoms with Crippen LogP contribution in [-0.4, -0.2) is 28.3 Å². The van der Waals surface area contributed by atoms with Gasteiger partial charge < -0.3 is 9.42 Å². The number of aromatic nitrogens is 2. The van der Waals surface area contributed by atoms with Crippen molar-refractivity contribution in [2.24, 2.45) is 5.92 Å². The van der Waals surface area contributed by atoms with Gasteiger partial charge in [0.25, 0.3) is 0 Å². The standard InChI is InChI=1S/C14H15N3O2S/c1-9-15-14(16-19-9)11-3-2-4-12(6-11)17-7-10(8-20)5-13(17)18/h2-4,6,10,20H,5,7-8H2,1H3. The number of carbonyl (C=O) groups is 1. The van der Waals surface area contributed by atoms with Crippen molar-refractivity contribution in [3.63, 3.8) is 0 Å². The largest absolute Gasteiger partial charge is 0.339 e. The molecule has 0 spiro atoms. The maximum Gasteiger partial charge on any atom is 0.227 e. The molecule has 1 fully saturated rings. The highest BCUT2D eigenvalue weighted by Gasteiger charge is 2.29. The van der Waals surface area contributed by atoms with Crippen LogP contribution in [0.1, 0.15) is 12.3 Å². The van der Waals surface area contributed by atoms with E-state index in [1.54, 1.807) is 11.8 Å². The quantitative estimate of drug-likeness (QED) is 0.881. The second-order valence-corrected chi connectivity index (χ2v) is 5.31. The monoisotopic (exact) mass is 289 g/mol. The van der Waals surface area contributed by atoms with Crippen molar-refractivity contribution in [1.82, 2.24) is 10.1 Å². The van der Waals surface area contributed by atoms with Gasteiger partial charge >= 0.3 is 0 Å². The fraction of sp³-hybridized carbons (Fsp3) is 0.357. The van der Waals surface area contributed by atoms with Crippen LogP contribution in [0.5, 0.6) is 0 Å². The molecular weight excluding hydrogens is 274 g/mol. The van der Waals surface area contributed by atoms with Gasteiger partial charge in [0.2, 0.25) is 17.6 Å². The van der Waals surface area contributed by atoms with Crippen molar-refractivity contribution in [2.45, 2.75) is 13.3 Å². The van der Waals surface area contributed by atoms with Crippen LogP contribution in [0.25, 0.3) is 11.4 Å². The van der Waals surface area contributed by atoms with Gasteiger partial charge in [-0.3, -0.25) is 4.79 Å². The minimum atomic E-state index is 0.144. The molecule has 0 saturated carbocycles. The molecule has 1 unspecified atom stereocenters. The zero-order chi connectivity index (χ0) is 14.1. The minimum absolute atomic E-state index is 0.144. The van der Waals surface area contributed by atoms with Crippen LogP contribution in [0.4, 0.5) is 5.69 Å². The third kappa shape index (κ3) is 2.43. The first-order chi connectivity index (χ1) is 9.67. The van der Waals surface area contributed by atoms with Gasteiger partial charge in [-0.1, -0.05) is 17.3 Å². The number of nitrogens with zero attached hydrogens (tertiary/aromatic N) is 3. The Bertz CT molecular complexity index is 641. The van der Waals surface area contributed by atoms with Gasteiger partial charge in [-0.05, 0) is 23.8 Å². The summed E-state index contributed by atoms with van der Waals surface area (Å²) in [5, 5.41) is 3.90. The van der Waals surface area contributed by atoms with Crippen molar-refractivity contribution >= 4 is 24.2 Å². The van der Waals surface area contributed by atoms with Gasteiger partial charge in [-0.2, -0.15) is 17.6 Å². The van der Waals surface area contributed by atoms with E-state index in [9.17, 15) is 4.79 Å². The van der Waals surface area contributed by atoms with Crippen LogP contribution < -0.4 is 4.90 Å². The topological polar surface area (TPSA) is 59.2 Å². The van der Waals surface area contributed by atoms with Crippen LogP contribution in [0.3, 0.4) is 0 Å². The molecule has 2 aromatic rings. The molecule has 104 valence electrons. The Kier molecular flexibility index (Phi) is 3.48. The average Bonchev–Trinajstić information content (AvgIpc) is 3.05. The fourth-order valence-corrected chi connectivity index (χ4v) is 2.63. The smallest absolute Gasteiger partial charge is 0.227 e. The number of thiol groups is 1. The molecule has 3 rings (SSSR count). The summed E-state index contributed by atoms with van der Waals surface area (Å²) in [5.41, 5.74) is 1.72. The Morgan fingerprint density at radius 3 is 3.00 bits per heavy atom. The lowest BCUT2D eigenvalue weighted by Crippen LogP contribution is -2.24. The van der Waals surface area contributed by atoms with E-state index >= 15 is 0 Å². The average molecular weight is 289 g/mol. The highest BCUT2D eigenvalue weighted by molar-refractivity contribution is 7.80. The summed E-state index contributed by atoms with van der Waals surface area (Å²) in [6.45, 7) is 2.47. The molecule has 1 aliphatic rings. The molecule has 0 radical (unpaired) electrons. The van der Waals surface area contributed by atoms with Crippen molar-refractivity contribution in [3.05, 3.63) is 30.2 Å². The second-order valence-electron chi connectivity index (χ2n) is 4.94. The molecule has 1 aromatic heterocycles. The zero-order valence-corrected chi connectivity index (χ0v) is 12.0. The number of amides is 1. The number of anilines is 1. The lowest BCUT2D eigenvalue weighted by molar-refractivity contribution is -0.117. The molecule has 1 aliphatic heterocycles. The number of carbonyl (C=O) groups excluding carboxylic acids is 1. The zero-order valence-electron chi connectivity index (χ0n) is 11.1. The van der Waals surface area contributed by atoms with E-state index in [2.05, 4.69) is 22.8 Å². The molecule has 0 aliphatic carbocycles. The minimum Gasteiger partial charge on any atom is -0.339 e. The molecule has 5 nitrogen and oxygen atoms in total. The Labute approximate surface area is 122 Å². The predicted octanol–water partition coefficient (Wildman–Crippen LogP) is 2.33. The van der Waals surface area contributed by atoms with Crippen LogP contribution >= 0.6 is 12.6 Å². The van der Waals surface area contributed by atoms with E-state index in [1.807, 2.05) is 24.3 Å². The van der Waals surface area contributed by atoms with Crippen LogP contribution in [0.2, 0.25) is 0 Å². The summed E-state index contributed by atoms with van der Waals surface area (Å²) in [7, 11) is 0. The van der Waals surface area contributed by atoms with Crippen molar-refractivity contribution < 1.29 is 9.32 Å². The number of rotatable bonds is 3. The van der Waals surface area contributed by atoms with Gasteiger partial charge in [0.15, 0.2) is 0 Å². The summed E-state index contributed by atoms with van der Waals surface area (Å²) in [6, 6.07) is 7.65. The number of hydrogen-bond donors (Lipinski definition) is 1. The highest BCUT2D eigenvalue weighted by atomic mass is 32.1. The van der Waals surface area contributed by atoms with Gasteiger partial charge in [0, 0.05) is 31.1 Å². The van der Waals surface area contributed by atoms with Gasteiger partial charge in [-0.25, -0.2) is 0 Å². The maximum absolute atomic E-state index is 12.0. The summed E-state index contributed by atoms with van der Waals surface area (Å²) in [6.07, 6.45) is 0.565. The molecule has 1 amide bonds. The molecule has 1 saturated heterocycles. The van der Waals surface area contributed by atoms with Crippen molar-refractivity contribution in [2.75, 3.05) is 17.2 Å². The van der Waals surface area contributed by atoms with E-state index in [-0.39, 0.29) is 5.91 Å².